The summed E-state index contributed by atoms with van der Waals surface area (Å²) in [5.74, 6) is 0. The van der Waals surface area contributed by atoms with Crippen LogP contribution in [0.3, 0.4) is 0 Å². The molecule has 0 amide bonds. The number of benzene rings is 1. The smallest absolute Gasteiger partial charge is 0.245 e. The van der Waals surface area contributed by atoms with E-state index in [9.17, 15) is 8.42 Å². The van der Waals surface area contributed by atoms with Crippen molar-refractivity contribution in [1.29, 1.82) is 0 Å². The van der Waals surface area contributed by atoms with E-state index in [0.717, 1.165) is 11.1 Å². The van der Waals surface area contributed by atoms with E-state index in [1.807, 2.05) is 34.7 Å². The van der Waals surface area contributed by atoms with Crippen LogP contribution in [0.2, 0.25) is 0 Å². The second kappa shape index (κ2) is 5.59. The number of rotatable bonds is 2. The monoisotopic (exact) mass is 311 g/mol. The van der Waals surface area contributed by atoms with Gasteiger partial charge in [0.2, 0.25) is 10.0 Å². The molecule has 2 rings (SSSR count). The number of piperazine rings is 1. The first-order valence-electron chi connectivity index (χ1n) is 7.23. The maximum absolute atomic E-state index is 12.9. The Kier molecular flexibility index (Phi) is 4.33. The van der Waals surface area contributed by atoms with E-state index < -0.39 is 10.0 Å². The Morgan fingerprint density at radius 2 is 1.57 bits per heavy atom. The normalized spacial score (nSPS) is 25.2. The first kappa shape index (κ1) is 16.3. The highest BCUT2D eigenvalue weighted by Crippen LogP contribution is 2.28. The molecule has 6 heteroatoms. The fraction of sp³-hybridized carbons (Fsp3) is 0.600. The van der Waals surface area contributed by atoms with Crippen LogP contribution in [0.4, 0.5) is 5.69 Å². The van der Waals surface area contributed by atoms with Gasteiger partial charge in [-0.25, -0.2) is 8.42 Å². The number of hydrogen-bond donors (Lipinski definition) is 1. The van der Waals surface area contributed by atoms with Crippen molar-refractivity contribution in [3.8, 4) is 0 Å². The average molecular weight is 311 g/mol. The van der Waals surface area contributed by atoms with E-state index >= 15 is 0 Å². The maximum Gasteiger partial charge on any atom is 0.245 e. The lowest BCUT2D eigenvalue weighted by atomic mass is 10.1. The van der Waals surface area contributed by atoms with Crippen molar-refractivity contribution in [2.24, 2.45) is 0 Å². The van der Waals surface area contributed by atoms with Crippen LogP contribution in [0.1, 0.15) is 25.0 Å². The zero-order chi connectivity index (χ0) is 15.9. The third-order valence-electron chi connectivity index (χ3n) is 4.57. The molecule has 0 spiro atoms. The molecule has 1 heterocycles. The summed E-state index contributed by atoms with van der Waals surface area (Å²) in [4.78, 5) is 2.44. The fourth-order valence-corrected chi connectivity index (χ4v) is 4.51. The molecule has 1 fully saturated rings. The number of sulfonamides is 1. The second-order valence-corrected chi connectivity index (χ2v) is 8.07. The van der Waals surface area contributed by atoms with Gasteiger partial charge in [0.1, 0.15) is 4.90 Å². The molecule has 21 heavy (non-hydrogen) atoms. The Balaban J connectivity index is 2.41. The van der Waals surface area contributed by atoms with E-state index in [1.165, 1.54) is 0 Å². The third kappa shape index (κ3) is 2.93. The van der Waals surface area contributed by atoms with Crippen LogP contribution in [0.15, 0.2) is 17.0 Å². The van der Waals surface area contributed by atoms with Gasteiger partial charge in [-0.05, 0) is 58.0 Å². The molecule has 0 saturated carbocycles. The van der Waals surface area contributed by atoms with Gasteiger partial charge in [0.15, 0.2) is 0 Å². The molecule has 2 N–H and O–H groups in total. The molecule has 2 atom stereocenters. The number of hydrogen-bond acceptors (Lipinski definition) is 4. The predicted molar refractivity (Wildman–Crippen MR) is 85.8 cm³/mol. The average Bonchev–Trinajstić information content (AvgIpc) is 2.39. The Morgan fingerprint density at radius 3 is 2.10 bits per heavy atom. The highest BCUT2D eigenvalue weighted by atomic mass is 32.2. The topological polar surface area (TPSA) is 66.6 Å². The molecule has 0 bridgehead atoms. The molecular weight excluding hydrogens is 286 g/mol. The molecular formula is C15H25N3O2S. The largest absolute Gasteiger partial charge is 0.398 e. The van der Waals surface area contributed by atoms with Gasteiger partial charge >= 0.3 is 0 Å². The number of nitrogens with two attached hydrogens (primary N) is 1. The van der Waals surface area contributed by atoms with E-state index in [2.05, 4.69) is 4.90 Å². The Bertz CT molecular complexity index is 631. The minimum Gasteiger partial charge on any atom is -0.398 e. The van der Waals surface area contributed by atoms with Crippen molar-refractivity contribution >= 4 is 15.7 Å². The number of nitrogens with zero attached hydrogens (tertiary/aromatic N) is 2. The van der Waals surface area contributed by atoms with Crippen LogP contribution in [0.25, 0.3) is 0 Å². The van der Waals surface area contributed by atoms with Crippen molar-refractivity contribution in [2.75, 3.05) is 25.9 Å². The molecule has 5 nitrogen and oxygen atoms in total. The van der Waals surface area contributed by atoms with Crippen LogP contribution in [0.5, 0.6) is 0 Å². The van der Waals surface area contributed by atoms with Gasteiger partial charge in [-0.1, -0.05) is 0 Å². The standard InChI is InChI=1S/C15H25N3O2S/c1-10-6-14(16)15(7-11(10)2)21(19,20)18-8-12(3)17(5)13(4)9-18/h6-7,12-13H,8-9,16H2,1-5H3. The van der Waals surface area contributed by atoms with Gasteiger partial charge in [-0.3, -0.25) is 4.90 Å². The minimum absolute atomic E-state index is 0.191. The number of likely N-dealkylation sites (N-methyl/N-ethyl adjacent to an activating group) is 1. The lowest BCUT2D eigenvalue weighted by Gasteiger charge is -2.41. The predicted octanol–water partition coefficient (Wildman–Crippen LogP) is 1.60. The molecule has 1 aromatic rings. The summed E-state index contributed by atoms with van der Waals surface area (Å²) in [6.07, 6.45) is 0. The minimum atomic E-state index is -3.54. The van der Waals surface area contributed by atoms with Gasteiger partial charge in [-0.15, -0.1) is 0 Å². The summed E-state index contributed by atoms with van der Waals surface area (Å²) < 4.78 is 27.4. The maximum atomic E-state index is 12.9. The lowest BCUT2D eigenvalue weighted by Crippen LogP contribution is -2.56. The number of nitrogen functional groups attached to an aromatic ring is 1. The van der Waals surface area contributed by atoms with E-state index in [0.29, 0.717) is 18.8 Å². The van der Waals surface area contributed by atoms with Crippen LogP contribution < -0.4 is 5.73 Å². The summed E-state index contributed by atoms with van der Waals surface area (Å²) in [7, 11) is -1.51. The quantitative estimate of drug-likeness (QED) is 0.843. The Hall–Kier alpha value is -1.11. The van der Waals surface area contributed by atoms with Gasteiger partial charge in [0.25, 0.3) is 0 Å². The lowest BCUT2D eigenvalue weighted by molar-refractivity contribution is 0.105. The van der Waals surface area contributed by atoms with Gasteiger partial charge < -0.3 is 5.73 Å². The first-order valence-corrected chi connectivity index (χ1v) is 8.67. The summed E-state index contributed by atoms with van der Waals surface area (Å²) in [6.45, 7) is 8.92. The number of anilines is 1. The summed E-state index contributed by atoms with van der Waals surface area (Å²) in [6, 6.07) is 3.81. The highest BCUT2D eigenvalue weighted by molar-refractivity contribution is 7.89. The highest BCUT2D eigenvalue weighted by Gasteiger charge is 2.35. The molecule has 0 aromatic heterocycles. The first-order chi connectivity index (χ1) is 9.64. The molecule has 1 saturated heterocycles. The van der Waals surface area contributed by atoms with Crippen molar-refractivity contribution in [2.45, 2.75) is 44.7 Å². The van der Waals surface area contributed by atoms with Crippen LogP contribution in [0, 0.1) is 13.8 Å². The van der Waals surface area contributed by atoms with Crippen LogP contribution >= 0.6 is 0 Å². The summed E-state index contributed by atoms with van der Waals surface area (Å²) >= 11 is 0. The molecule has 2 unspecified atom stereocenters. The van der Waals surface area contributed by atoms with Crippen molar-refractivity contribution in [1.82, 2.24) is 9.21 Å². The second-order valence-electron chi connectivity index (χ2n) is 6.16. The van der Waals surface area contributed by atoms with E-state index in [1.54, 1.807) is 16.4 Å². The van der Waals surface area contributed by atoms with Crippen LogP contribution in [-0.4, -0.2) is 49.8 Å². The third-order valence-corrected chi connectivity index (χ3v) is 6.46. The molecule has 118 valence electrons. The Labute approximate surface area is 127 Å². The van der Waals surface area contributed by atoms with Gasteiger partial charge in [0.05, 0.1) is 5.69 Å². The number of aryl methyl sites for hydroxylation is 2. The van der Waals surface area contributed by atoms with E-state index in [4.69, 9.17) is 5.73 Å². The van der Waals surface area contributed by atoms with Crippen LogP contribution in [-0.2, 0) is 10.0 Å². The van der Waals surface area contributed by atoms with E-state index in [-0.39, 0.29) is 17.0 Å². The molecule has 1 aliphatic rings. The van der Waals surface area contributed by atoms with Crippen molar-refractivity contribution in [3.05, 3.63) is 23.3 Å². The summed E-state index contributed by atoms with van der Waals surface area (Å²) in [5, 5.41) is 0. The van der Waals surface area contributed by atoms with Gasteiger partial charge in [0, 0.05) is 25.2 Å². The Morgan fingerprint density at radius 1 is 1.10 bits per heavy atom. The molecule has 1 aromatic carbocycles. The zero-order valence-corrected chi connectivity index (χ0v) is 14.2. The summed E-state index contributed by atoms with van der Waals surface area (Å²) in [5.41, 5.74) is 8.24. The van der Waals surface area contributed by atoms with Gasteiger partial charge in [-0.2, -0.15) is 4.31 Å². The fourth-order valence-electron chi connectivity index (χ4n) is 2.73. The van der Waals surface area contributed by atoms with Crippen molar-refractivity contribution in [3.63, 3.8) is 0 Å². The van der Waals surface area contributed by atoms with Crippen molar-refractivity contribution < 1.29 is 8.42 Å². The SMILES string of the molecule is Cc1cc(N)c(S(=O)(=O)N2CC(C)N(C)C(C)C2)cc1C. The molecule has 1 aliphatic heterocycles. The zero-order valence-electron chi connectivity index (χ0n) is 13.4. The molecule has 0 radical (unpaired) electrons. The molecule has 0 aliphatic carbocycles.